The van der Waals surface area contributed by atoms with Crippen LogP contribution in [0.5, 0.6) is 0 Å². The molecule has 0 radical (unpaired) electrons. The van der Waals surface area contributed by atoms with Crippen molar-refractivity contribution in [3.05, 3.63) is 35.0 Å². The van der Waals surface area contributed by atoms with Gasteiger partial charge in [0.05, 0.1) is 18.5 Å². The normalized spacial score (nSPS) is 11.3. The van der Waals surface area contributed by atoms with E-state index in [1.54, 1.807) is 25.8 Å². The molecular weight excluding hydrogens is 364 g/mol. The van der Waals surface area contributed by atoms with E-state index in [-0.39, 0.29) is 19.0 Å². The largest absolute Gasteiger partial charge is 0.462 e. The summed E-state index contributed by atoms with van der Waals surface area (Å²) in [6.07, 6.45) is 3.95. The van der Waals surface area contributed by atoms with Gasteiger partial charge in [0.25, 0.3) is 0 Å². The molecule has 7 nitrogen and oxygen atoms in total. The molecule has 26 heavy (non-hydrogen) atoms. The topological polar surface area (TPSA) is 73.1 Å². The van der Waals surface area contributed by atoms with E-state index in [1.165, 1.54) is 30.1 Å². The van der Waals surface area contributed by atoms with Gasteiger partial charge in [0.1, 0.15) is 27.7 Å². The van der Waals surface area contributed by atoms with Crippen molar-refractivity contribution in [1.29, 1.82) is 0 Å². The van der Waals surface area contributed by atoms with Crippen molar-refractivity contribution in [3.63, 3.8) is 0 Å². The molecule has 0 amide bonds. The Morgan fingerprint density at radius 1 is 1.38 bits per heavy atom. The molecular formula is C16H17F2N5O2S. The van der Waals surface area contributed by atoms with Crippen LogP contribution in [0.1, 0.15) is 34.5 Å². The van der Waals surface area contributed by atoms with Crippen LogP contribution in [-0.4, -0.2) is 39.1 Å². The quantitative estimate of drug-likeness (QED) is 0.610. The maximum absolute atomic E-state index is 13.0. The summed E-state index contributed by atoms with van der Waals surface area (Å²) in [5, 5.41) is 0.707. The first-order valence-corrected chi connectivity index (χ1v) is 8.67. The molecule has 0 aliphatic heterocycles. The minimum absolute atomic E-state index is 0.132. The number of hydrogen-bond acceptors (Lipinski definition) is 7. The van der Waals surface area contributed by atoms with Gasteiger partial charge in [-0.15, -0.1) is 11.3 Å². The van der Waals surface area contributed by atoms with E-state index >= 15 is 0 Å². The van der Waals surface area contributed by atoms with Crippen LogP contribution in [0.2, 0.25) is 0 Å². The van der Waals surface area contributed by atoms with Gasteiger partial charge in [-0.25, -0.2) is 19.7 Å². The number of alkyl halides is 2. The third-order valence-corrected chi connectivity index (χ3v) is 5.05. The summed E-state index contributed by atoms with van der Waals surface area (Å²) in [4.78, 5) is 27.4. The second kappa shape index (κ2) is 7.32. The van der Waals surface area contributed by atoms with Crippen LogP contribution >= 0.6 is 11.3 Å². The molecule has 10 heteroatoms. The molecule has 138 valence electrons. The van der Waals surface area contributed by atoms with Gasteiger partial charge in [-0.2, -0.15) is 8.78 Å². The Labute approximate surface area is 152 Å². The van der Waals surface area contributed by atoms with Gasteiger partial charge in [-0.3, -0.25) is 4.57 Å². The van der Waals surface area contributed by atoms with Gasteiger partial charge in [0, 0.05) is 19.4 Å². The number of nitrogens with zero attached hydrogens (tertiary/aromatic N) is 5. The molecule has 0 unspecified atom stereocenters. The van der Waals surface area contributed by atoms with Crippen molar-refractivity contribution in [3.8, 4) is 0 Å². The van der Waals surface area contributed by atoms with E-state index < -0.39 is 12.5 Å². The van der Waals surface area contributed by atoms with Crippen molar-refractivity contribution in [2.45, 2.75) is 26.9 Å². The highest BCUT2D eigenvalue weighted by molar-refractivity contribution is 7.20. The van der Waals surface area contributed by atoms with Gasteiger partial charge in [-0.1, -0.05) is 0 Å². The van der Waals surface area contributed by atoms with Crippen LogP contribution in [0.4, 0.5) is 14.6 Å². The number of imidazole rings is 1. The molecule has 0 aliphatic carbocycles. The zero-order chi connectivity index (χ0) is 18.8. The van der Waals surface area contributed by atoms with E-state index in [2.05, 4.69) is 15.0 Å². The highest BCUT2D eigenvalue weighted by Gasteiger charge is 2.22. The summed E-state index contributed by atoms with van der Waals surface area (Å²) in [7, 11) is 1.73. The van der Waals surface area contributed by atoms with Crippen molar-refractivity contribution >= 4 is 33.3 Å². The van der Waals surface area contributed by atoms with Crippen molar-refractivity contribution < 1.29 is 18.3 Å². The summed E-state index contributed by atoms with van der Waals surface area (Å²) in [6.45, 7) is 1.29. The molecule has 0 aliphatic rings. The molecule has 3 aromatic heterocycles. The van der Waals surface area contributed by atoms with Crippen molar-refractivity contribution in [2.75, 3.05) is 18.6 Å². The molecule has 0 atom stereocenters. The summed E-state index contributed by atoms with van der Waals surface area (Å²) in [5.74, 6) is 0.353. The molecule has 0 spiro atoms. The van der Waals surface area contributed by atoms with E-state index in [1.807, 2.05) is 0 Å². The number of fused-ring (bicyclic) bond motifs is 1. The third kappa shape index (κ3) is 3.24. The highest BCUT2D eigenvalue weighted by Crippen LogP contribution is 2.35. The number of esters is 1. The number of thiophene rings is 1. The molecule has 0 aromatic carbocycles. The second-order valence-electron chi connectivity index (χ2n) is 5.54. The van der Waals surface area contributed by atoms with Gasteiger partial charge in [0.2, 0.25) is 0 Å². The molecule has 0 saturated heterocycles. The first-order chi connectivity index (χ1) is 12.4. The summed E-state index contributed by atoms with van der Waals surface area (Å²) >= 11 is 1.23. The van der Waals surface area contributed by atoms with Gasteiger partial charge in [-0.05, 0) is 19.4 Å². The van der Waals surface area contributed by atoms with E-state index in [4.69, 9.17) is 4.74 Å². The lowest BCUT2D eigenvalue weighted by molar-refractivity contribution is 0.0531. The van der Waals surface area contributed by atoms with Crippen LogP contribution in [0.3, 0.4) is 0 Å². The standard InChI is InChI=1S/C16H17F2N5O2S/c1-4-25-15(24)12-9(2)11-13(20-8-21-14(11)26-12)22(3)7-10-19-5-6-23(10)16(17)18/h5-6,8,16H,4,7H2,1-3H3. The van der Waals surface area contributed by atoms with E-state index in [9.17, 15) is 13.6 Å². The maximum Gasteiger partial charge on any atom is 0.348 e. The number of halogens is 2. The number of aryl methyl sites for hydroxylation is 1. The van der Waals surface area contributed by atoms with Crippen LogP contribution in [0.25, 0.3) is 10.2 Å². The Balaban J connectivity index is 1.99. The van der Waals surface area contributed by atoms with Crippen LogP contribution in [0, 0.1) is 6.92 Å². The first-order valence-electron chi connectivity index (χ1n) is 7.86. The summed E-state index contributed by atoms with van der Waals surface area (Å²) in [6, 6.07) is 0. The number of carbonyl (C=O) groups excluding carboxylic acids is 1. The van der Waals surface area contributed by atoms with Crippen molar-refractivity contribution in [1.82, 2.24) is 19.5 Å². The van der Waals surface area contributed by atoms with Gasteiger partial charge >= 0.3 is 12.5 Å². The highest BCUT2D eigenvalue weighted by atomic mass is 32.1. The monoisotopic (exact) mass is 381 g/mol. The Bertz CT molecular complexity index is 940. The fourth-order valence-electron chi connectivity index (χ4n) is 2.66. The number of anilines is 1. The van der Waals surface area contributed by atoms with E-state index in [0.29, 0.717) is 26.5 Å². The number of ether oxygens (including phenoxy) is 1. The van der Waals surface area contributed by atoms with Gasteiger partial charge < -0.3 is 9.64 Å². The second-order valence-corrected chi connectivity index (χ2v) is 6.54. The lowest BCUT2D eigenvalue weighted by Gasteiger charge is -2.19. The number of carbonyl (C=O) groups is 1. The minimum atomic E-state index is -2.66. The lowest BCUT2D eigenvalue weighted by Crippen LogP contribution is -2.21. The van der Waals surface area contributed by atoms with Crippen molar-refractivity contribution in [2.24, 2.45) is 0 Å². The van der Waals surface area contributed by atoms with Crippen LogP contribution in [0.15, 0.2) is 18.7 Å². The molecule has 0 N–H and O–H groups in total. The smallest absolute Gasteiger partial charge is 0.348 e. The minimum Gasteiger partial charge on any atom is -0.462 e. The fraction of sp³-hybridized carbons (Fsp3) is 0.375. The zero-order valence-electron chi connectivity index (χ0n) is 14.4. The lowest BCUT2D eigenvalue weighted by atomic mass is 10.2. The maximum atomic E-state index is 13.0. The predicted octanol–water partition coefficient (Wildman–Crippen LogP) is 3.40. The third-order valence-electron chi connectivity index (χ3n) is 3.87. The van der Waals surface area contributed by atoms with E-state index in [0.717, 1.165) is 4.57 Å². The molecule has 3 heterocycles. The van der Waals surface area contributed by atoms with Crippen LogP contribution in [-0.2, 0) is 11.3 Å². The Hall–Kier alpha value is -2.62. The Morgan fingerprint density at radius 2 is 2.15 bits per heavy atom. The Kier molecular flexibility index (Phi) is 5.12. The zero-order valence-corrected chi connectivity index (χ0v) is 15.3. The number of hydrogen-bond donors (Lipinski definition) is 0. The molecule has 0 saturated carbocycles. The SMILES string of the molecule is CCOC(=O)c1sc2ncnc(N(C)Cc3nccn3C(F)F)c2c1C. The molecule has 0 bridgehead atoms. The molecule has 0 fully saturated rings. The average molecular weight is 381 g/mol. The average Bonchev–Trinajstić information content (AvgIpc) is 3.20. The number of aromatic nitrogens is 4. The number of rotatable bonds is 6. The summed E-state index contributed by atoms with van der Waals surface area (Å²) in [5.41, 5.74) is 0.711. The molecule has 3 aromatic rings. The van der Waals surface area contributed by atoms with Gasteiger partial charge in [0.15, 0.2) is 0 Å². The Morgan fingerprint density at radius 3 is 2.85 bits per heavy atom. The molecule has 3 rings (SSSR count). The predicted molar refractivity (Wildman–Crippen MR) is 93.7 cm³/mol. The van der Waals surface area contributed by atoms with Crippen LogP contribution < -0.4 is 4.90 Å². The first kappa shape index (κ1) is 18.2. The summed E-state index contributed by atoms with van der Waals surface area (Å²) < 4.78 is 31.9. The fourth-order valence-corrected chi connectivity index (χ4v) is 3.70.